The van der Waals surface area contributed by atoms with Crippen molar-refractivity contribution in [2.75, 3.05) is 23.5 Å². The minimum absolute atomic E-state index is 0.0331. The molecule has 0 aliphatic carbocycles. The van der Waals surface area contributed by atoms with Crippen LogP contribution < -0.4 is 25.2 Å². The molecule has 1 heterocycles. The first kappa shape index (κ1) is 23.5. The topological polar surface area (TPSA) is 97.0 Å². The van der Waals surface area contributed by atoms with Gasteiger partial charge in [-0.2, -0.15) is 0 Å². The van der Waals surface area contributed by atoms with Gasteiger partial charge in [0.05, 0.1) is 18.0 Å². The Labute approximate surface area is 200 Å². The third kappa shape index (κ3) is 5.47. The van der Waals surface area contributed by atoms with Gasteiger partial charge >= 0.3 is 0 Å². The molecule has 1 saturated heterocycles. The summed E-state index contributed by atoms with van der Waals surface area (Å²) in [5.74, 6) is -1.49. The number of amides is 3. The molecule has 0 unspecified atom stereocenters. The lowest BCUT2D eigenvalue weighted by molar-refractivity contribution is -0.118. The number of carbonyl (C=O) groups is 3. The summed E-state index contributed by atoms with van der Waals surface area (Å²) in [7, 11) is 0. The number of anilines is 2. The maximum atomic E-state index is 13.7. The summed E-state index contributed by atoms with van der Waals surface area (Å²) in [6.07, 6.45) is 1.46. The van der Waals surface area contributed by atoms with Crippen LogP contribution in [-0.2, 0) is 14.4 Å². The van der Waals surface area contributed by atoms with Crippen LogP contribution in [0, 0.1) is 5.82 Å². The fraction of sp³-hybridized carbons (Fsp3) is 0.115. The zero-order chi connectivity index (χ0) is 24.8. The van der Waals surface area contributed by atoms with Gasteiger partial charge in [-0.3, -0.25) is 19.8 Å². The maximum Gasteiger partial charge on any atom is 0.282 e. The summed E-state index contributed by atoms with van der Waals surface area (Å²) >= 11 is 0. The lowest BCUT2D eigenvalue weighted by Crippen LogP contribution is -2.35. The third-order valence-electron chi connectivity index (χ3n) is 4.99. The molecule has 0 bridgehead atoms. The van der Waals surface area contributed by atoms with Gasteiger partial charge in [0, 0.05) is 0 Å². The van der Waals surface area contributed by atoms with E-state index in [-0.39, 0.29) is 23.6 Å². The number of benzene rings is 3. The van der Waals surface area contributed by atoms with Gasteiger partial charge in [-0.05, 0) is 55.0 Å². The molecule has 0 saturated carbocycles. The minimum Gasteiger partial charge on any atom is -0.490 e. The average Bonchev–Trinajstić information content (AvgIpc) is 3.14. The van der Waals surface area contributed by atoms with Crippen LogP contribution in [-0.4, -0.2) is 30.9 Å². The molecule has 4 rings (SSSR count). The highest BCUT2D eigenvalue weighted by Crippen LogP contribution is 2.30. The molecular formula is C26H22FN3O5. The van der Waals surface area contributed by atoms with Crippen LogP contribution in [0.3, 0.4) is 0 Å². The van der Waals surface area contributed by atoms with Gasteiger partial charge < -0.3 is 14.8 Å². The molecule has 3 aromatic carbocycles. The number of nitrogens with one attached hydrogen (secondary N) is 2. The van der Waals surface area contributed by atoms with E-state index in [0.717, 1.165) is 0 Å². The van der Waals surface area contributed by atoms with E-state index in [1.807, 2.05) is 6.07 Å². The number of hydrogen-bond donors (Lipinski definition) is 2. The normalized spacial score (nSPS) is 14.1. The Morgan fingerprint density at radius 2 is 1.74 bits per heavy atom. The predicted molar refractivity (Wildman–Crippen MR) is 128 cm³/mol. The predicted octanol–water partition coefficient (Wildman–Crippen LogP) is 3.70. The van der Waals surface area contributed by atoms with Crippen LogP contribution in [0.2, 0.25) is 0 Å². The molecule has 8 nitrogen and oxygen atoms in total. The van der Waals surface area contributed by atoms with Gasteiger partial charge in [0.15, 0.2) is 18.1 Å². The SMILES string of the molecule is CCOc1cc(/C=C2/C(=O)NN(c3ccccc3)C2=O)ccc1OCC(=O)Nc1ccccc1F. The number of carbonyl (C=O) groups excluding carboxylic acids is 3. The van der Waals surface area contributed by atoms with Crippen molar-refractivity contribution in [2.45, 2.75) is 6.92 Å². The van der Waals surface area contributed by atoms with E-state index < -0.39 is 23.5 Å². The summed E-state index contributed by atoms with van der Waals surface area (Å²) in [6.45, 7) is 1.73. The van der Waals surface area contributed by atoms with Gasteiger partial charge in [0.2, 0.25) is 0 Å². The van der Waals surface area contributed by atoms with Crippen molar-refractivity contribution in [1.29, 1.82) is 0 Å². The molecule has 0 atom stereocenters. The number of rotatable bonds is 8. The number of nitrogens with zero attached hydrogens (tertiary/aromatic N) is 1. The van der Waals surface area contributed by atoms with E-state index in [1.165, 1.54) is 29.3 Å². The molecule has 3 aromatic rings. The summed E-state index contributed by atoms with van der Waals surface area (Å²) in [5, 5.41) is 3.63. The lowest BCUT2D eigenvalue weighted by Gasteiger charge is -2.14. The van der Waals surface area contributed by atoms with Gasteiger partial charge in [0.1, 0.15) is 11.4 Å². The van der Waals surface area contributed by atoms with Crippen LogP contribution in [0.1, 0.15) is 12.5 Å². The second kappa shape index (κ2) is 10.5. The first-order chi connectivity index (χ1) is 17.0. The summed E-state index contributed by atoms with van der Waals surface area (Å²) in [5.41, 5.74) is 3.64. The van der Waals surface area contributed by atoms with Crippen molar-refractivity contribution in [3.05, 3.63) is 89.8 Å². The summed E-state index contributed by atoms with van der Waals surface area (Å²) in [6, 6.07) is 19.4. The molecule has 178 valence electrons. The summed E-state index contributed by atoms with van der Waals surface area (Å²) < 4.78 is 24.9. The zero-order valence-corrected chi connectivity index (χ0v) is 18.8. The molecule has 2 N–H and O–H groups in total. The molecule has 0 spiro atoms. The van der Waals surface area contributed by atoms with E-state index in [1.54, 1.807) is 55.5 Å². The van der Waals surface area contributed by atoms with E-state index >= 15 is 0 Å². The molecular weight excluding hydrogens is 453 g/mol. The van der Waals surface area contributed by atoms with Crippen molar-refractivity contribution in [1.82, 2.24) is 5.43 Å². The molecule has 9 heteroatoms. The van der Waals surface area contributed by atoms with Crippen molar-refractivity contribution < 1.29 is 28.2 Å². The number of hydrazine groups is 1. The molecule has 3 amide bonds. The molecule has 1 aliphatic heterocycles. The molecule has 0 radical (unpaired) electrons. The number of hydrogen-bond acceptors (Lipinski definition) is 5. The fourth-order valence-corrected chi connectivity index (χ4v) is 3.38. The first-order valence-electron chi connectivity index (χ1n) is 10.8. The highest BCUT2D eigenvalue weighted by molar-refractivity contribution is 6.31. The average molecular weight is 475 g/mol. The van der Waals surface area contributed by atoms with Gasteiger partial charge in [-0.25, -0.2) is 9.40 Å². The second-order valence-corrected chi connectivity index (χ2v) is 7.43. The highest BCUT2D eigenvalue weighted by atomic mass is 19.1. The van der Waals surface area contributed by atoms with Crippen LogP contribution in [0.4, 0.5) is 15.8 Å². The fourth-order valence-electron chi connectivity index (χ4n) is 3.38. The maximum absolute atomic E-state index is 13.7. The zero-order valence-electron chi connectivity index (χ0n) is 18.8. The van der Waals surface area contributed by atoms with E-state index in [4.69, 9.17) is 9.47 Å². The largest absolute Gasteiger partial charge is 0.490 e. The Morgan fingerprint density at radius 3 is 2.49 bits per heavy atom. The molecule has 0 aromatic heterocycles. The van der Waals surface area contributed by atoms with Crippen LogP contribution >= 0.6 is 0 Å². The van der Waals surface area contributed by atoms with E-state index in [0.29, 0.717) is 23.6 Å². The second-order valence-electron chi connectivity index (χ2n) is 7.43. The Balaban J connectivity index is 1.48. The lowest BCUT2D eigenvalue weighted by atomic mass is 10.1. The highest BCUT2D eigenvalue weighted by Gasteiger charge is 2.34. The Hall–Kier alpha value is -4.66. The van der Waals surface area contributed by atoms with Gasteiger partial charge in [-0.15, -0.1) is 0 Å². The van der Waals surface area contributed by atoms with Crippen molar-refractivity contribution in [3.8, 4) is 11.5 Å². The van der Waals surface area contributed by atoms with Crippen LogP contribution in [0.15, 0.2) is 78.4 Å². The van der Waals surface area contributed by atoms with E-state index in [2.05, 4.69) is 10.7 Å². The minimum atomic E-state index is -0.551. The summed E-state index contributed by atoms with van der Waals surface area (Å²) in [4.78, 5) is 37.4. The number of ether oxygens (including phenoxy) is 2. The Morgan fingerprint density at radius 1 is 1.00 bits per heavy atom. The molecule has 35 heavy (non-hydrogen) atoms. The van der Waals surface area contributed by atoms with Crippen molar-refractivity contribution >= 4 is 35.2 Å². The van der Waals surface area contributed by atoms with Gasteiger partial charge in [0.25, 0.3) is 17.7 Å². The monoisotopic (exact) mass is 475 g/mol. The number of halogens is 1. The van der Waals surface area contributed by atoms with Crippen molar-refractivity contribution in [2.24, 2.45) is 0 Å². The molecule has 1 fully saturated rings. The Bertz CT molecular complexity index is 1290. The smallest absolute Gasteiger partial charge is 0.282 e. The standard InChI is InChI=1S/C26H22FN3O5/c1-2-34-23-15-17(14-19-25(32)29-30(26(19)33)18-8-4-3-5-9-18)12-13-22(23)35-16-24(31)28-21-11-7-6-10-20(21)27/h3-15H,2,16H2,1H3,(H,28,31)(H,29,32)/b19-14-. The number of para-hydroxylation sites is 2. The van der Waals surface area contributed by atoms with Crippen LogP contribution in [0.5, 0.6) is 11.5 Å². The molecule has 1 aliphatic rings. The van der Waals surface area contributed by atoms with Gasteiger partial charge in [-0.1, -0.05) is 36.4 Å². The third-order valence-corrected chi connectivity index (χ3v) is 4.99. The quantitative estimate of drug-likeness (QED) is 0.383. The Kier molecular flexibility index (Phi) is 7.06. The van der Waals surface area contributed by atoms with Crippen molar-refractivity contribution in [3.63, 3.8) is 0 Å². The van der Waals surface area contributed by atoms with E-state index in [9.17, 15) is 18.8 Å². The van der Waals surface area contributed by atoms with Crippen LogP contribution in [0.25, 0.3) is 6.08 Å². The first-order valence-corrected chi connectivity index (χ1v) is 10.8.